The molecule has 1 fully saturated rings. The Balaban J connectivity index is 1.62. The van der Waals surface area contributed by atoms with Crippen molar-refractivity contribution in [3.8, 4) is 11.5 Å². The Morgan fingerprint density at radius 2 is 1.87 bits per heavy atom. The molecule has 3 rings (SSSR count). The molecule has 30 heavy (non-hydrogen) atoms. The number of nitrogens with one attached hydrogen (secondary N) is 1. The van der Waals surface area contributed by atoms with Gasteiger partial charge in [-0.2, -0.15) is 13.1 Å². The van der Waals surface area contributed by atoms with Gasteiger partial charge < -0.3 is 24.3 Å². The second-order valence-electron chi connectivity index (χ2n) is 6.89. The first-order valence-electron chi connectivity index (χ1n) is 9.43. The van der Waals surface area contributed by atoms with Crippen molar-refractivity contribution >= 4 is 33.1 Å². The molecule has 164 valence electrons. The highest BCUT2D eigenvalue weighted by Crippen LogP contribution is 2.35. The summed E-state index contributed by atoms with van der Waals surface area (Å²) in [4.78, 5) is 21.6. The van der Waals surface area contributed by atoms with Crippen molar-refractivity contribution in [1.82, 2.24) is 14.7 Å². The van der Waals surface area contributed by atoms with E-state index in [2.05, 4.69) is 23.8 Å². The SMILES string of the molecule is COc1cc2ncnc(N3CCC(CCNS(=O)(=O)OC(N)=O)CC3)c2cc1OC. The zero-order valence-electron chi connectivity index (χ0n) is 16.8. The van der Waals surface area contributed by atoms with E-state index >= 15 is 0 Å². The van der Waals surface area contributed by atoms with Gasteiger partial charge in [0.25, 0.3) is 0 Å². The van der Waals surface area contributed by atoms with Crippen LogP contribution < -0.4 is 24.8 Å². The van der Waals surface area contributed by atoms with Gasteiger partial charge >= 0.3 is 16.4 Å². The molecule has 0 atom stereocenters. The predicted molar refractivity (Wildman–Crippen MR) is 110 cm³/mol. The highest BCUT2D eigenvalue weighted by Gasteiger charge is 2.23. The van der Waals surface area contributed by atoms with Gasteiger partial charge in [-0.3, -0.25) is 0 Å². The molecule has 12 heteroatoms. The minimum absolute atomic E-state index is 0.174. The number of primary amides is 1. The number of methoxy groups -OCH3 is 2. The minimum Gasteiger partial charge on any atom is -0.493 e. The Hall–Kier alpha value is -2.86. The maximum Gasteiger partial charge on any atom is 0.421 e. The molecule has 0 unspecified atom stereocenters. The van der Waals surface area contributed by atoms with Crippen LogP contribution in [0.25, 0.3) is 10.9 Å². The standard InChI is InChI=1S/C18H25N5O6S/c1-27-15-9-13-14(10-16(15)28-2)20-11-21-17(13)23-7-4-12(5-8-23)3-6-22-30(25,26)29-18(19)24/h9-12,22H,3-8H2,1-2H3,(H2,19,24). The molecular weight excluding hydrogens is 414 g/mol. The average molecular weight is 439 g/mol. The quantitative estimate of drug-likeness (QED) is 0.619. The topological polar surface area (TPSA) is 146 Å². The number of fused-ring (bicyclic) bond motifs is 1. The summed E-state index contributed by atoms with van der Waals surface area (Å²) in [6, 6.07) is 3.70. The van der Waals surface area contributed by atoms with E-state index in [-0.39, 0.29) is 6.54 Å². The van der Waals surface area contributed by atoms with Gasteiger partial charge in [0.05, 0.1) is 19.7 Å². The molecule has 2 aromatic rings. The second kappa shape index (κ2) is 9.30. The van der Waals surface area contributed by atoms with E-state index in [9.17, 15) is 13.2 Å². The van der Waals surface area contributed by atoms with E-state index in [1.165, 1.54) is 6.33 Å². The summed E-state index contributed by atoms with van der Waals surface area (Å²) in [5.41, 5.74) is 5.49. The van der Waals surface area contributed by atoms with Crippen LogP contribution >= 0.6 is 0 Å². The number of hydrogen-bond acceptors (Lipinski definition) is 9. The van der Waals surface area contributed by atoms with Crippen LogP contribution in [0.5, 0.6) is 11.5 Å². The first-order valence-corrected chi connectivity index (χ1v) is 10.8. The van der Waals surface area contributed by atoms with Crippen LogP contribution in [0.2, 0.25) is 0 Å². The number of carbonyl (C=O) groups excluding carboxylic acids is 1. The summed E-state index contributed by atoms with van der Waals surface area (Å²) in [6.45, 7) is 1.72. The summed E-state index contributed by atoms with van der Waals surface area (Å²) >= 11 is 0. The Kier molecular flexibility index (Phi) is 6.77. The number of rotatable bonds is 8. The van der Waals surface area contributed by atoms with Crippen molar-refractivity contribution in [2.45, 2.75) is 19.3 Å². The van der Waals surface area contributed by atoms with Crippen molar-refractivity contribution in [3.63, 3.8) is 0 Å². The Bertz CT molecular complexity index is 1010. The summed E-state index contributed by atoms with van der Waals surface area (Å²) < 4.78 is 39.9. The van der Waals surface area contributed by atoms with Crippen LogP contribution in [-0.4, -0.2) is 58.3 Å². The lowest BCUT2D eigenvalue weighted by Gasteiger charge is -2.33. The number of benzene rings is 1. The molecule has 2 heterocycles. The molecule has 1 amide bonds. The molecule has 11 nitrogen and oxygen atoms in total. The van der Waals surface area contributed by atoms with E-state index in [0.717, 1.165) is 42.7 Å². The first kappa shape index (κ1) is 21.8. The van der Waals surface area contributed by atoms with Crippen LogP contribution in [-0.2, 0) is 14.5 Å². The van der Waals surface area contributed by atoms with Gasteiger partial charge in [-0.15, -0.1) is 0 Å². The normalized spacial score (nSPS) is 15.2. The van der Waals surface area contributed by atoms with E-state index < -0.39 is 16.4 Å². The Labute approximate surface area is 174 Å². The third kappa shape index (κ3) is 5.19. The molecule has 1 aromatic heterocycles. The highest BCUT2D eigenvalue weighted by atomic mass is 32.2. The fourth-order valence-electron chi connectivity index (χ4n) is 3.58. The van der Waals surface area contributed by atoms with Crippen LogP contribution in [0.1, 0.15) is 19.3 Å². The number of anilines is 1. The molecule has 1 aliphatic heterocycles. The van der Waals surface area contributed by atoms with Crippen molar-refractivity contribution in [2.24, 2.45) is 11.7 Å². The van der Waals surface area contributed by atoms with E-state index in [1.54, 1.807) is 14.2 Å². The second-order valence-corrected chi connectivity index (χ2v) is 8.26. The highest BCUT2D eigenvalue weighted by molar-refractivity contribution is 7.85. The predicted octanol–water partition coefficient (Wildman–Crippen LogP) is 1.18. The maximum atomic E-state index is 11.5. The van der Waals surface area contributed by atoms with Gasteiger partial charge in [0.2, 0.25) is 0 Å². The molecule has 0 spiro atoms. The van der Waals surface area contributed by atoms with Gasteiger partial charge in [-0.05, 0) is 31.2 Å². The van der Waals surface area contributed by atoms with Crippen LogP contribution in [0.15, 0.2) is 18.5 Å². The average Bonchev–Trinajstić information content (AvgIpc) is 2.71. The molecular formula is C18H25N5O6S. The van der Waals surface area contributed by atoms with Crippen molar-refractivity contribution in [2.75, 3.05) is 38.8 Å². The third-order valence-corrected chi connectivity index (χ3v) is 6.00. The number of hydrogen-bond donors (Lipinski definition) is 2. The van der Waals surface area contributed by atoms with Gasteiger partial charge in [-0.1, -0.05) is 0 Å². The lowest BCUT2D eigenvalue weighted by atomic mass is 9.93. The fraction of sp³-hybridized carbons (Fsp3) is 0.500. The lowest BCUT2D eigenvalue weighted by molar-refractivity contribution is 0.211. The number of nitrogens with zero attached hydrogens (tertiary/aromatic N) is 3. The van der Waals surface area contributed by atoms with E-state index in [4.69, 9.17) is 15.2 Å². The lowest BCUT2D eigenvalue weighted by Crippen LogP contribution is -2.36. The number of ether oxygens (including phenoxy) is 2. The zero-order valence-corrected chi connectivity index (χ0v) is 17.6. The minimum atomic E-state index is -4.15. The molecule has 0 bridgehead atoms. The van der Waals surface area contributed by atoms with Gasteiger partial charge in [0.15, 0.2) is 11.5 Å². The molecule has 0 saturated carbocycles. The molecule has 1 aromatic carbocycles. The molecule has 0 radical (unpaired) electrons. The van der Waals surface area contributed by atoms with Crippen LogP contribution in [0.3, 0.4) is 0 Å². The maximum absolute atomic E-state index is 11.5. The van der Waals surface area contributed by atoms with Crippen molar-refractivity contribution in [3.05, 3.63) is 18.5 Å². The smallest absolute Gasteiger partial charge is 0.421 e. The third-order valence-electron chi connectivity index (χ3n) is 5.06. The number of nitrogens with two attached hydrogens (primary N) is 1. The Morgan fingerprint density at radius 1 is 1.20 bits per heavy atom. The largest absolute Gasteiger partial charge is 0.493 e. The molecule has 0 aliphatic carbocycles. The molecule has 3 N–H and O–H groups in total. The number of amides is 1. The van der Waals surface area contributed by atoms with Gasteiger partial charge in [0.1, 0.15) is 12.1 Å². The van der Waals surface area contributed by atoms with Crippen LogP contribution in [0.4, 0.5) is 10.6 Å². The number of aromatic nitrogens is 2. The van der Waals surface area contributed by atoms with Crippen molar-refractivity contribution in [1.29, 1.82) is 0 Å². The number of piperidine rings is 1. The summed E-state index contributed by atoms with van der Waals surface area (Å²) in [5.74, 6) is 2.38. The van der Waals surface area contributed by atoms with Gasteiger partial charge in [0, 0.05) is 31.1 Å². The number of carbonyl (C=O) groups is 1. The summed E-state index contributed by atoms with van der Waals surface area (Å²) in [6.07, 6.45) is 2.55. The zero-order chi connectivity index (χ0) is 21.7. The first-order chi connectivity index (χ1) is 14.3. The Morgan fingerprint density at radius 3 is 2.50 bits per heavy atom. The summed E-state index contributed by atoms with van der Waals surface area (Å²) in [7, 11) is -0.981. The molecule has 1 aliphatic rings. The fourth-order valence-corrected chi connectivity index (χ4v) is 4.22. The van der Waals surface area contributed by atoms with Gasteiger partial charge in [-0.25, -0.2) is 14.8 Å². The van der Waals surface area contributed by atoms with E-state index in [1.807, 2.05) is 12.1 Å². The molecule has 1 saturated heterocycles. The summed E-state index contributed by atoms with van der Waals surface area (Å²) in [5, 5.41) is 0.880. The van der Waals surface area contributed by atoms with E-state index in [0.29, 0.717) is 23.8 Å². The van der Waals surface area contributed by atoms with Crippen LogP contribution in [0, 0.1) is 5.92 Å². The van der Waals surface area contributed by atoms with Crippen molar-refractivity contribution < 1.29 is 26.9 Å². The monoisotopic (exact) mass is 439 g/mol.